The van der Waals surface area contributed by atoms with E-state index >= 15 is 0 Å². The molecule has 0 saturated carbocycles. The first kappa shape index (κ1) is 10.7. The van der Waals surface area contributed by atoms with Crippen molar-refractivity contribution >= 4 is 0 Å². The van der Waals surface area contributed by atoms with Crippen molar-refractivity contribution in [3.05, 3.63) is 12.7 Å². The van der Waals surface area contributed by atoms with E-state index in [0.29, 0.717) is 6.54 Å². The van der Waals surface area contributed by atoms with E-state index in [0.717, 1.165) is 0 Å². The molecule has 0 spiro atoms. The highest BCUT2D eigenvalue weighted by Gasteiger charge is 2.32. The number of nitrogens with one attached hydrogen (secondary N) is 1. The van der Waals surface area contributed by atoms with Crippen molar-refractivity contribution in [2.75, 3.05) is 7.05 Å². The van der Waals surface area contributed by atoms with Crippen LogP contribution in [0, 0.1) is 17.2 Å². The molecule has 0 aromatic carbocycles. The maximum atomic E-state index is 9.17. The fourth-order valence-corrected chi connectivity index (χ4v) is 1.34. The normalized spacial score (nSPS) is 15.1. The Kier molecular flexibility index (Phi) is 3.20. The number of hydrogen-bond donors (Lipinski definition) is 1. The molecule has 0 aliphatic carbocycles. The Balaban J connectivity index is 2.85. The summed E-state index contributed by atoms with van der Waals surface area (Å²) in [6.45, 7) is 4.53. The number of hydrogen-bond acceptors (Lipinski definition) is 4. The summed E-state index contributed by atoms with van der Waals surface area (Å²) >= 11 is 0. The van der Waals surface area contributed by atoms with Crippen LogP contribution in [0.3, 0.4) is 0 Å². The Bertz CT molecular complexity index is 310. The van der Waals surface area contributed by atoms with Crippen molar-refractivity contribution in [1.29, 1.82) is 5.26 Å². The molecule has 0 radical (unpaired) electrons. The van der Waals surface area contributed by atoms with Crippen molar-refractivity contribution in [3.63, 3.8) is 0 Å². The van der Waals surface area contributed by atoms with Gasteiger partial charge in [0.2, 0.25) is 0 Å². The van der Waals surface area contributed by atoms with Crippen molar-refractivity contribution in [1.82, 2.24) is 20.1 Å². The average molecular weight is 193 g/mol. The third kappa shape index (κ3) is 1.91. The highest BCUT2D eigenvalue weighted by molar-refractivity contribution is 5.08. The standard InChI is InChI=1S/C9H15N5/c1-8(2)9(4-10,11-3)5-14-7-12-6-13-14/h6-8,11H,5H2,1-3H3. The van der Waals surface area contributed by atoms with E-state index in [1.165, 1.54) is 6.33 Å². The summed E-state index contributed by atoms with van der Waals surface area (Å²) in [4.78, 5) is 3.85. The van der Waals surface area contributed by atoms with Crippen LogP contribution in [0.2, 0.25) is 0 Å². The fraction of sp³-hybridized carbons (Fsp3) is 0.667. The molecule has 14 heavy (non-hydrogen) atoms. The van der Waals surface area contributed by atoms with E-state index in [1.807, 2.05) is 13.8 Å². The molecule has 0 fully saturated rings. The zero-order valence-corrected chi connectivity index (χ0v) is 8.73. The molecule has 1 N–H and O–H groups in total. The Morgan fingerprint density at radius 3 is 2.71 bits per heavy atom. The van der Waals surface area contributed by atoms with Gasteiger partial charge in [0.25, 0.3) is 0 Å². The van der Waals surface area contributed by atoms with Gasteiger partial charge < -0.3 is 5.32 Å². The van der Waals surface area contributed by atoms with Crippen LogP contribution in [0.4, 0.5) is 0 Å². The summed E-state index contributed by atoms with van der Waals surface area (Å²) in [6, 6.07) is 2.30. The fourth-order valence-electron chi connectivity index (χ4n) is 1.34. The molecule has 0 saturated heterocycles. The van der Waals surface area contributed by atoms with Crippen molar-refractivity contribution in [2.45, 2.75) is 25.9 Å². The van der Waals surface area contributed by atoms with Gasteiger partial charge in [-0.3, -0.25) is 4.68 Å². The maximum Gasteiger partial charge on any atom is 0.137 e. The van der Waals surface area contributed by atoms with Crippen LogP contribution in [0.15, 0.2) is 12.7 Å². The molecule has 1 heterocycles. The molecule has 1 unspecified atom stereocenters. The molecule has 0 aliphatic rings. The number of nitriles is 1. The van der Waals surface area contributed by atoms with Crippen molar-refractivity contribution in [2.24, 2.45) is 5.92 Å². The van der Waals surface area contributed by atoms with E-state index in [2.05, 4.69) is 21.5 Å². The van der Waals surface area contributed by atoms with Crippen LogP contribution in [0.5, 0.6) is 0 Å². The van der Waals surface area contributed by atoms with Gasteiger partial charge in [-0.15, -0.1) is 0 Å². The highest BCUT2D eigenvalue weighted by Crippen LogP contribution is 2.17. The van der Waals surface area contributed by atoms with Crippen molar-refractivity contribution in [3.8, 4) is 6.07 Å². The molecule has 5 nitrogen and oxygen atoms in total. The summed E-state index contributed by atoms with van der Waals surface area (Å²) in [7, 11) is 1.79. The molecular formula is C9H15N5. The van der Waals surface area contributed by atoms with Gasteiger partial charge in [0, 0.05) is 0 Å². The Morgan fingerprint density at radius 1 is 1.64 bits per heavy atom. The number of rotatable bonds is 4. The summed E-state index contributed by atoms with van der Waals surface area (Å²) < 4.78 is 1.67. The number of aromatic nitrogens is 3. The van der Waals surface area contributed by atoms with E-state index in [1.54, 1.807) is 18.1 Å². The maximum absolute atomic E-state index is 9.17. The first-order valence-corrected chi connectivity index (χ1v) is 4.57. The second kappa shape index (κ2) is 4.20. The Morgan fingerprint density at radius 2 is 2.36 bits per heavy atom. The van der Waals surface area contributed by atoms with Gasteiger partial charge in [0.1, 0.15) is 18.2 Å². The van der Waals surface area contributed by atoms with Crippen LogP contribution in [-0.2, 0) is 6.54 Å². The highest BCUT2D eigenvalue weighted by atomic mass is 15.3. The Hall–Kier alpha value is -1.41. The van der Waals surface area contributed by atoms with Gasteiger partial charge in [-0.25, -0.2) is 4.98 Å². The Labute approximate surface area is 83.8 Å². The summed E-state index contributed by atoms with van der Waals surface area (Å²) in [6.07, 6.45) is 3.09. The number of nitrogens with zero attached hydrogens (tertiary/aromatic N) is 4. The van der Waals surface area contributed by atoms with E-state index < -0.39 is 5.54 Å². The van der Waals surface area contributed by atoms with Gasteiger partial charge in [-0.05, 0) is 13.0 Å². The van der Waals surface area contributed by atoms with Crippen LogP contribution < -0.4 is 5.32 Å². The lowest BCUT2D eigenvalue weighted by Gasteiger charge is -2.29. The third-order valence-electron chi connectivity index (χ3n) is 2.51. The van der Waals surface area contributed by atoms with Gasteiger partial charge >= 0.3 is 0 Å². The van der Waals surface area contributed by atoms with Crippen molar-refractivity contribution < 1.29 is 0 Å². The molecule has 1 atom stereocenters. The lowest BCUT2D eigenvalue weighted by Crippen LogP contribution is -2.50. The van der Waals surface area contributed by atoms with Gasteiger partial charge in [-0.1, -0.05) is 13.8 Å². The predicted molar refractivity (Wildman–Crippen MR) is 52.3 cm³/mol. The van der Waals surface area contributed by atoms with Gasteiger partial charge in [-0.2, -0.15) is 10.4 Å². The van der Waals surface area contributed by atoms with Gasteiger partial charge in [0.15, 0.2) is 0 Å². The molecule has 76 valence electrons. The topological polar surface area (TPSA) is 66.5 Å². The average Bonchev–Trinajstić information content (AvgIpc) is 2.66. The predicted octanol–water partition coefficient (Wildman–Crippen LogP) is 0.416. The monoisotopic (exact) mass is 193 g/mol. The first-order valence-electron chi connectivity index (χ1n) is 4.57. The second-order valence-corrected chi connectivity index (χ2v) is 3.58. The van der Waals surface area contributed by atoms with Crippen LogP contribution in [0.25, 0.3) is 0 Å². The van der Waals surface area contributed by atoms with E-state index in [9.17, 15) is 5.26 Å². The zero-order chi connectivity index (χ0) is 10.6. The smallest absolute Gasteiger partial charge is 0.137 e. The SMILES string of the molecule is CNC(C#N)(Cn1cncn1)C(C)C. The lowest BCUT2D eigenvalue weighted by atomic mass is 9.88. The molecule has 1 rings (SSSR count). The quantitative estimate of drug-likeness (QED) is 0.752. The third-order valence-corrected chi connectivity index (χ3v) is 2.51. The minimum Gasteiger partial charge on any atom is -0.301 e. The molecule has 1 aromatic rings. The zero-order valence-electron chi connectivity index (χ0n) is 8.73. The van der Waals surface area contributed by atoms with Crippen LogP contribution >= 0.6 is 0 Å². The first-order chi connectivity index (χ1) is 6.64. The van der Waals surface area contributed by atoms with E-state index in [-0.39, 0.29) is 5.92 Å². The molecule has 0 aliphatic heterocycles. The van der Waals surface area contributed by atoms with Crippen LogP contribution in [-0.4, -0.2) is 27.4 Å². The summed E-state index contributed by atoms with van der Waals surface area (Å²) in [5, 5.41) is 16.2. The molecule has 0 amide bonds. The second-order valence-electron chi connectivity index (χ2n) is 3.58. The lowest BCUT2D eigenvalue weighted by molar-refractivity contribution is 0.279. The minimum absolute atomic E-state index is 0.210. The summed E-state index contributed by atoms with van der Waals surface area (Å²) in [5.74, 6) is 0.210. The van der Waals surface area contributed by atoms with E-state index in [4.69, 9.17) is 0 Å². The molecule has 1 aromatic heterocycles. The number of likely N-dealkylation sites (N-methyl/N-ethyl adjacent to an activating group) is 1. The molecular weight excluding hydrogens is 178 g/mol. The summed E-state index contributed by atoms with van der Waals surface area (Å²) in [5.41, 5.74) is -0.576. The minimum atomic E-state index is -0.576. The van der Waals surface area contributed by atoms with Gasteiger partial charge in [0.05, 0.1) is 12.6 Å². The van der Waals surface area contributed by atoms with Crippen LogP contribution in [0.1, 0.15) is 13.8 Å². The largest absolute Gasteiger partial charge is 0.301 e. The molecule has 5 heteroatoms. The molecule has 0 bridgehead atoms.